The number of nitro benzene ring substituents is 1. The fourth-order valence-corrected chi connectivity index (χ4v) is 1.62. The highest BCUT2D eigenvalue weighted by Gasteiger charge is 2.15. The van der Waals surface area contributed by atoms with Crippen molar-refractivity contribution in [1.82, 2.24) is 15.5 Å². The monoisotopic (exact) mass is 291 g/mol. The maximum Gasteiger partial charge on any atom is 0.319 e. The predicted molar refractivity (Wildman–Crippen MR) is 72.7 cm³/mol. The number of nitrogens with zero attached hydrogens (tertiary/aromatic N) is 3. The number of rotatable bonds is 4. The molecule has 1 aromatic heterocycles. The molecule has 0 bridgehead atoms. The summed E-state index contributed by atoms with van der Waals surface area (Å²) in [7, 11) is 0. The molecule has 0 unspecified atom stereocenters. The molecule has 21 heavy (non-hydrogen) atoms. The average Bonchev–Trinajstić information content (AvgIpc) is 2.85. The van der Waals surface area contributed by atoms with Crippen LogP contribution in [-0.4, -0.2) is 21.1 Å². The number of hydrogen-bond acceptors (Lipinski definition) is 6. The minimum atomic E-state index is -0.534. The van der Waals surface area contributed by atoms with Crippen LogP contribution >= 0.6 is 0 Å². The molecule has 2 amide bonds. The number of benzene rings is 1. The second-order valence-corrected chi connectivity index (χ2v) is 4.30. The molecule has 0 radical (unpaired) electrons. The molecule has 9 nitrogen and oxygen atoms in total. The fourth-order valence-electron chi connectivity index (χ4n) is 1.62. The highest BCUT2D eigenvalue weighted by molar-refractivity contribution is 5.89. The Morgan fingerprint density at radius 3 is 2.86 bits per heavy atom. The Bertz CT molecular complexity index is 669. The van der Waals surface area contributed by atoms with Crippen LogP contribution in [0.15, 0.2) is 28.8 Å². The van der Waals surface area contributed by atoms with Gasteiger partial charge in [-0.25, -0.2) is 4.79 Å². The van der Waals surface area contributed by atoms with Crippen molar-refractivity contribution in [3.63, 3.8) is 0 Å². The molecule has 2 N–H and O–H groups in total. The van der Waals surface area contributed by atoms with Crippen LogP contribution in [0.4, 0.5) is 16.2 Å². The van der Waals surface area contributed by atoms with Crippen molar-refractivity contribution in [2.24, 2.45) is 0 Å². The molecule has 110 valence electrons. The number of aromatic nitrogens is 2. The summed E-state index contributed by atoms with van der Waals surface area (Å²) in [6.45, 7) is 3.34. The van der Waals surface area contributed by atoms with Crippen LogP contribution in [-0.2, 0) is 0 Å². The van der Waals surface area contributed by atoms with Crippen LogP contribution in [0.5, 0.6) is 0 Å². The summed E-state index contributed by atoms with van der Waals surface area (Å²) in [6, 6.07) is 4.66. The smallest absolute Gasteiger partial charge is 0.319 e. The zero-order valence-electron chi connectivity index (χ0n) is 11.4. The van der Waals surface area contributed by atoms with Gasteiger partial charge in [0.2, 0.25) is 5.89 Å². The first kappa shape index (κ1) is 14.4. The Kier molecular flexibility index (Phi) is 4.12. The Morgan fingerprint density at radius 2 is 2.24 bits per heavy atom. The van der Waals surface area contributed by atoms with Crippen molar-refractivity contribution < 1.29 is 14.2 Å². The zero-order chi connectivity index (χ0) is 15.4. The van der Waals surface area contributed by atoms with E-state index in [4.69, 9.17) is 4.52 Å². The van der Waals surface area contributed by atoms with E-state index in [0.717, 1.165) is 0 Å². The number of hydrogen-bond donors (Lipinski definition) is 2. The molecule has 2 rings (SSSR count). The van der Waals surface area contributed by atoms with Gasteiger partial charge in [-0.3, -0.25) is 10.1 Å². The van der Waals surface area contributed by atoms with Crippen molar-refractivity contribution in [3.8, 4) is 0 Å². The molecule has 0 saturated heterocycles. The number of nitro groups is 1. The molecule has 0 aliphatic heterocycles. The number of nitrogens with one attached hydrogen (secondary N) is 2. The van der Waals surface area contributed by atoms with Crippen LogP contribution in [0.3, 0.4) is 0 Å². The average molecular weight is 291 g/mol. The standard InChI is InChI=1S/C12H13N5O4/c1-7(11-14-8(2)21-16-11)13-12(18)15-9-4-3-5-10(6-9)17(19)20/h3-7H,1-2H3,(H2,13,15,18)/t7-/m1/s1. The number of urea groups is 1. The van der Waals surface area contributed by atoms with Crippen LogP contribution in [0, 0.1) is 17.0 Å². The fraction of sp³-hybridized carbons (Fsp3) is 0.250. The first-order valence-electron chi connectivity index (χ1n) is 6.08. The Labute approximate surface area is 119 Å². The molecule has 9 heteroatoms. The summed E-state index contributed by atoms with van der Waals surface area (Å²) < 4.78 is 4.82. The number of carbonyl (C=O) groups is 1. The van der Waals surface area contributed by atoms with E-state index >= 15 is 0 Å². The van der Waals surface area contributed by atoms with Crippen molar-refractivity contribution in [3.05, 3.63) is 46.1 Å². The van der Waals surface area contributed by atoms with Gasteiger partial charge in [0.05, 0.1) is 11.0 Å². The molecule has 0 aliphatic rings. The van der Waals surface area contributed by atoms with E-state index < -0.39 is 17.0 Å². The molecule has 1 aromatic carbocycles. The van der Waals surface area contributed by atoms with Gasteiger partial charge in [0.15, 0.2) is 5.82 Å². The summed E-state index contributed by atoms with van der Waals surface area (Å²) in [6.07, 6.45) is 0. The SMILES string of the molecule is Cc1nc([C@@H](C)NC(=O)Nc2cccc([N+](=O)[O-])c2)no1. The number of aryl methyl sites for hydroxylation is 1. The summed E-state index contributed by atoms with van der Waals surface area (Å²) >= 11 is 0. The molecular weight excluding hydrogens is 278 g/mol. The van der Waals surface area contributed by atoms with Gasteiger partial charge in [0, 0.05) is 24.7 Å². The lowest BCUT2D eigenvalue weighted by Crippen LogP contribution is -2.31. The topological polar surface area (TPSA) is 123 Å². The molecule has 0 saturated carbocycles. The summed E-state index contributed by atoms with van der Waals surface area (Å²) in [5.74, 6) is 0.749. The number of amides is 2. The van der Waals surface area contributed by atoms with Crippen LogP contribution in [0.1, 0.15) is 24.7 Å². The van der Waals surface area contributed by atoms with Gasteiger partial charge >= 0.3 is 6.03 Å². The first-order chi connectivity index (χ1) is 9.95. The van der Waals surface area contributed by atoms with Crippen molar-refractivity contribution >= 4 is 17.4 Å². The molecule has 1 heterocycles. The second-order valence-electron chi connectivity index (χ2n) is 4.30. The minimum absolute atomic E-state index is 0.102. The lowest BCUT2D eigenvalue weighted by molar-refractivity contribution is -0.384. The van der Waals surface area contributed by atoms with Crippen LogP contribution < -0.4 is 10.6 Å². The van der Waals surface area contributed by atoms with E-state index in [2.05, 4.69) is 20.8 Å². The molecule has 1 atom stereocenters. The van der Waals surface area contributed by atoms with Crippen molar-refractivity contribution in [2.75, 3.05) is 5.32 Å². The van der Waals surface area contributed by atoms with Crippen LogP contribution in [0.2, 0.25) is 0 Å². The number of anilines is 1. The van der Waals surface area contributed by atoms with Crippen molar-refractivity contribution in [2.45, 2.75) is 19.9 Å². The maximum absolute atomic E-state index is 11.8. The summed E-state index contributed by atoms with van der Waals surface area (Å²) in [4.78, 5) is 25.9. The second kappa shape index (κ2) is 5.99. The first-order valence-corrected chi connectivity index (χ1v) is 6.08. The van der Waals surface area contributed by atoms with E-state index in [9.17, 15) is 14.9 Å². The third-order valence-corrected chi connectivity index (χ3v) is 2.59. The molecule has 0 spiro atoms. The molecule has 0 aliphatic carbocycles. The summed E-state index contributed by atoms with van der Waals surface area (Å²) in [5.41, 5.74) is 0.216. The highest BCUT2D eigenvalue weighted by atomic mass is 16.6. The highest BCUT2D eigenvalue weighted by Crippen LogP contribution is 2.17. The third-order valence-electron chi connectivity index (χ3n) is 2.59. The minimum Gasteiger partial charge on any atom is -0.340 e. The van der Waals surface area contributed by atoms with E-state index in [-0.39, 0.29) is 5.69 Å². The van der Waals surface area contributed by atoms with Gasteiger partial charge in [-0.1, -0.05) is 11.2 Å². The van der Waals surface area contributed by atoms with E-state index in [1.54, 1.807) is 19.9 Å². The molecule has 0 fully saturated rings. The Balaban J connectivity index is 1.98. The molecule has 2 aromatic rings. The van der Waals surface area contributed by atoms with Gasteiger partial charge in [0.25, 0.3) is 5.69 Å². The van der Waals surface area contributed by atoms with Gasteiger partial charge in [-0.2, -0.15) is 4.98 Å². The van der Waals surface area contributed by atoms with Gasteiger partial charge in [-0.05, 0) is 13.0 Å². The van der Waals surface area contributed by atoms with Crippen LogP contribution in [0.25, 0.3) is 0 Å². The Morgan fingerprint density at radius 1 is 1.48 bits per heavy atom. The number of carbonyl (C=O) groups excluding carboxylic acids is 1. The lowest BCUT2D eigenvalue weighted by Gasteiger charge is -2.11. The normalized spacial score (nSPS) is 11.7. The van der Waals surface area contributed by atoms with Gasteiger partial charge < -0.3 is 15.2 Å². The quantitative estimate of drug-likeness (QED) is 0.657. The maximum atomic E-state index is 11.8. The van der Waals surface area contributed by atoms with E-state index in [1.807, 2.05) is 0 Å². The van der Waals surface area contributed by atoms with E-state index in [0.29, 0.717) is 17.4 Å². The molecular formula is C12H13N5O4. The lowest BCUT2D eigenvalue weighted by atomic mass is 10.3. The predicted octanol–water partition coefficient (Wildman–Crippen LogP) is 2.17. The summed E-state index contributed by atoms with van der Waals surface area (Å²) in [5, 5.41) is 19.5. The van der Waals surface area contributed by atoms with Gasteiger partial charge in [0.1, 0.15) is 0 Å². The largest absolute Gasteiger partial charge is 0.340 e. The third kappa shape index (κ3) is 3.75. The van der Waals surface area contributed by atoms with E-state index in [1.165, 1.54) is 18.2 Å². The van der Waals surface area contributed by atoms with Gasteiger partial charge in [-0.15, -0.1) is 0 Å². The zero-order valence-corrected chi connectivity index (χ0v) is 11.4. The number of non-ortho nitro benzene ring substituents is 1. The van der Waals surface area contributed by atoms with Crippen molar-refractivity contribution in [1.29, 1.82) is 0 Å². The Hall–Kier alpha value is -2.97.